The molecule has 1 aliphatic heterocycles. The molecular weight excluding hydrogens is 334 g/mol. The van der Waals surface area contributed by atoms with Crippen LogP contribution in [0.4, 0.5) is 0 Å². The third kappa shape index (κ3) is 3.29. The molecule has 1 saturated heterocycles. The van der Waals surface area contributed by atoms with Gasteiger partial charge < -0.3 is 9.26 Å². The summed E-state index contributed by atoms with van der Waals surface area (Å²) in [5, 5.41) is 7.65. The standard InChI is InChI=1S/C16H14ClN3O2S/c17-11-4-1-3-10(7-11)8-14-19-15(22-20-14)12-9-23-16(18-12)13-5-2-6-21-13/h1,3-4,7,9,13H,2,5-6,8H2/t13-/m1/s1. The predicted octanol–water partition coefficient (Wildman–Crippen LogP) is 4.29. The first-order valence-corrected chi connectivity index (χ1v) is 8.68. The van der Waals surface area contributed by atoms with E-state index in [9.17, 15) is 0 Å². The third-order valence-corrected chi connectivity index (χ3v) is 4.84. The molecule has 4 rings (SSSR count). The average Bonchev–Trinajstić information content (AvgIpc) is 3.28. The number of rotatable bonds is 4. The molecule has 1 atom stereocenters. The van der Waals surface area contributed by atoms with Crippen molar-refractivity contribution < 1.29 is 9.26 Å². The number of halogens is 1. The molecule has 0 saturated carbocycles. The molecule has 2 aromatic heterocycles. The van der Waals surface area contributed by atoms with E-state index in [-0.39, 0.29) is 6.10 Å². The zero-order valence-electron chi connectivity index (χ0n) is 12.2. The highest BCUT2D eigenvalue weighted by atomic mass is 35.5. The van der Waals surface area contributed by atoms with Gasteiger partial charge in [-0.15, -0.1) is 11.3 Å². The zero-order valence-corrected chi connectivity index (χ0v) is 13.8. The van der Waals surface area contributed by atoms with E-state index >= 15 is 0 Å². The number of aromatic nitrogens is 3. The summed E-state index contributed by atoms with van der Waals surface area (Å²) in [6, 6.07) is 7.64. The molecule has 1 aromatic carbocycles. The maximum atomic E-state index is 5.99. The largest absolute Gasteiger partial charge is 0.371 e. The molecule has 0 bridgehead atoms. The van der Waals surface area contributed by atoms with E-state index in [1.54, 1.807) is 11.3 Å². The van der Waals surface area contributed by atoms with Gasteiger partial charge in [-0.25, -0.2) is 4.98 Å². The zero-order chi connectivity index (χ0) is 15.6. The second-order valence-electron chi connectivity index (χ2n) is 5.40. The SMILES string of the molecule is Clc1cccc(Cc2noc(-c3csc([C@H]4CCCO4)n3)n2)c1. The lowest BCUT2D eigenvalue weighted by molar-refractivity contribution is 0.112. The molecule has 0 amide bonds. The first kappa shape index (κ1) is 14.8. The second-order valence-corrected chi connectivity index (χ2v) is 6.72. The van der Waals surface area contributed by atoms with Crippen molar-refractivity contribution in [3.05, 3.63) is 51.1 Å². The molecule has 0 radical (unpaired) electrons. The van der Waals surface area contributed by atoms with Crippen molar-refractivity contribution in [3.63, 3.8) is 0 Å². The summed E-state index contributed by atoms with van der Waals surface area (Å²) in [6.07, 6.45) is 2.80. The fourth-order valence-corrected chi connectivity index (χ4v) is 3.65. The van der Waals surface area contributed by atoms with Gasteiger partial charge in [-0.2, -0.15) is 4.98 Å². The van der Waals surface area contributed by atoms with E-state index in [0.29, 0.717) is 28.9 Å². The van der Waals surface area contributed by atoms with Gasteiger partial charge in [-0.1, -0.05) is 28.9 Å². The lowest BCUT2D eigenvalue weighted by Gasteiger charge is -2.02. The summed E-state index contributed by atoms with van der Waals surface area (Å²) in [5.74, 6) is 1.07. The van der Waals surface area contributed by atoms with E-state index in [2.05, 4.69) is 15.1 Å². The monoisotopic (exact) mass is 347 g/mol. The van der Waals surface area contributed by atoms with Crippen molar-refractivity contribution in [1.82, 2.24) is 15.1 Å². The molecule has 3 aromatic rings. The number of hydrogen-bond donors (Lipinski definition) is 0. The van der Waals surface area contributed by atoms with E-state index in [1.165, 1.54) is 0 Å². The molecule has 5 nitrogen and oxygen atoms in total. The Balaban J connectivity index is 1.51. The van der Waals surface area contributed by atoms with Crippen molar-refractivity contribution in [3.8, 4) is 11.6 Å². The van der Waals surface area contributed by atoms with Crippen LogP contribution >= 0.6 is 22.9 Å². The number of hydrogen-bond acceptors (Lipinski definition) is 6. The molecular formula is C16H14ClN3O2S. The minimum Gasteiger partial charge on any atom is -0.371 e. The van der Waals surface area contributed by atoms with Crippen LogP contribution in [-0.4, -0.2) is 21.7 Å². The Bertz CT molecular complexity index is 811. The van der Waals surface area contributed by atoms with Gasteiger partial charge in [-0.3, -0.25) is 0 Å². The minimum atomic E-state index is 0.114. The Kier molecular flexibility index (Phi) is 4.11. The Morgan fingerprint density at radius 1 is 1.30 bits per heavy atom. The van der Waals surface area contributed by atoms with Gasteiger partial charge in [-0.05, 0) is 30.5 Å². The predicted molar refractivity (Wildman–Crippen MR) is 87.6 cm³/mol. The van der Waals surface area contributed by atoms with Crippen molar-refractivity contribution in [2.45, 2.75) is 25.4 Å². The minimum absolute atomic E-state index is 0.114. The number of thiazole rings is 1. The van der Waals surface area contributed by atoms with E-state index in [1.807, 2.05) is 29.6 Å². The first-order valence-electron chi connectivity index (χ1n) is 7.42. The third-order valence-electron chi connectivity index (χ3n) is 3.67. The lowest BCUT2D eigenvalue weighted by atomic mass is 10.1. The molecule has 0 aliphatic carbocycles. The van der Waals surface area contributed by atoms with Gasteiger partial charge in [0.15, 0.2) is 5.82 Å². The van der Waals surface area contributed by atoms with Crippen LogP contribution in [0.1, 0.15) is 35.3 Å². The van der Waals surface area contributed by atoms with Gasteiger partial charge >= 0.3 is 0 Å². The number of ether oxygens (including phenoxy) is 1. The van der Waals surface area contributed by atoms with Crippen LogP contribution in [0.2, 0.25) is 5.02 Å². The quantitative estimate of drug-likeness (QED) is 0.704. The molecule has 3 heterocycles. The molecule has 7 heteroatoms. The van der Waals surface area contributed by atoms with E-state index < -0.39 is 0 Å². The normalized spacial score (nSPS) is 17.7. The lowest BCUT2D eigenvalue weighted by Crippen LogP contribution is -1.94. The summed E-state index contributed by atoms with van der Waals surface area (Å²) in [5.41, 5.74) is 1.76. The van der Waals surface area contributed by atoms with E-state index in [4.69, 9.17) is 20.9 Å². The van der Waals surface area contributed by atoms with Crippen LogP contribution in [0.15, 0.2) is 34.2 Å². The Morgan fingerprint density at radius 2 is 2.26 bits per heavy atom. The topological polar surface area (TPSA) is 61.0 Å². The summed E-state index contributed by atoms with van der Waals surface area (Å²) < 4.78 is 11.0. The number of benzene rings is 1. The van der Waals surface area contributed by atoms with Crippen LogP contribution < -0.4 is 0 Å². The fourth-order valence-electron chi connectivity index (χ4n) is 2.57. The Hall–Kier alpha value is -1.76. The molecule has 0 N–H and O–H groups in total. The fraction of sp³-hybridized carbons (Fsp3) is 0.312. The van der Waals surface area contributed by atoms with Gasteiger partial charge in [0.05, 0.1) is 0 Å². The van der Waals surface area contributed by atoms with Crippen molar-refractivity contribution >= 4 is 22.9 Å². The summed E-state index contributed by atoms with van der Waals surface area (Å²) >= 11 is 7.57. The first-order chi connectivity index (χ1) is 11.3. The van der Waals surface area contributed by atoms with Crippen LogP contribution in [0.5, 0.6) is 0 Å². The smallest absolute Gasteiger partial charge is 0.277 e. The molecule has 0 unspecified atom stereocenters. The van der Waals surface area contributed by atoms with Crippen molar-refractivity contribution in [2.24, 2.45) is 0 Å². The summed E-state index contributed by atoms with van der Waals surface area (Å²) in [7, 11) is 0. The van der Waals surface area contributed by atoms with Crippen LogP contribution in [0.3, 0.4) is 0 Å². The highest BCUT2D eigenvalue weighted by molar-refractivity contribution is 7.10. The highest BCUT2D eigenvalue weighted by Gasteiger charge is 2.22. The summed E-state index contributed by atoms with van der Waals surface area (Å²) in [6.45, 7) is 0.809. The highest BCUT2D eigenvalue weighted by Crippen LogP contribution is 2.32. The Labute approximate surface area is 142 Å². The van der Waals surface area contributed by atoms with Crippen molar-refractivity contribution in [1.29, 1.82) is 0 Å². The molecule has 1 aliphatic rings. The molecule has 1 fully saturated rings. The maximum Gasteiger partial charge on any atom is 0.277 e. The van der Waals surface area contributed by atoms with Gasteiger partial charge in [0.1, 0.15) is 16.8 Å². The maximum absolute atomic E-state index is 5.99. The van der Waals surface area contributed by atoms with Crippen LogP contribution in [-0.2, 0) is 11.2 Å². The van der Waals surface area contributed by atoms with Crippen molar-refractivity contribution in [2.75, 3.05) is 6.61 Å². The Morgan fingerprint density at radius 3 is 3.09 bits per heavy atom. The van der Waals surface area contributed by atoms with Gasteiger partial charge in [0.2, 0.25) is 0 Å². The molecule has 118 valence electrons. The second kappa shape index (κ2) is 6.39. The molecule has 23 heavy (non-hydrogen) atoms. The average molecular weight is 348 g/mol. The number of nitrogens with zero attached hydrogens (tertiary/aromatic N) is 3. The van der Waals surface area contributed by atoms with Gasteiger partial charge in [0, 0.05) is 23.4 Å². The van der Waals surface area contributed by atoms with E-state index in [0.717, 1.165) is 30.0 Å². The van der Waals surface area contributed by atoms with Crippen LogP contribution in [0.25, 0.3) is 11.6 Å². The van der Waals surface area contributed by atoms with Crippen LogP contribution in [0, 0.1) is 0 Å². The molecule has 0 spiro atoms. The van der Waals surface area contributed by atoms with Gasteiger partial charge in [0.25, 0.3) is 5.89 Å². The summed E-state index contributed by atoms with van der Waals surface area (Å²) in [4.78, 5) is 9.00.